The number of aromatic nitrogens is 2. The summed E-state index contributed by atoms with van der Waals surface area (Å²) in [6, 6.07) is 12.3. The van der Waals surface area contributed by atoms with Gasteiger partial charge in [0, 0.05) is 17.3 Å². The van der Waals surface area contributed by atoms with Gasteiger partial charge in [-0.1, -0.05) is 17.7 Å². The number of carbonyl (C=O) groups excluding carboxylic acids is 1. The highest BCUT2D eigenvalue weighted by Crippen LogP contribution is 2.21. The number of carbonyl (C=O) groups is 1. The first-order chi connectivity index (χ1) is 12.1. The number of pyridine rings is 1. The summed E-state index contributed by atoms with van der Waals surface area (Å²) >= 11 is 7.18. The van der Waals surface area contributed by atoms with Crippen LogP contribution in [0, 0.1) is 11.3 Å². The number of rotatable bonds is 5. The lowest BCUT2D eigenvalue weighted by Gasteiger charge is -2.04. The van der Waals surface area contributed by atoms with Crippen LogP contribution in [0.2, 0.25) is 5.02 Å². The topological polar surface area (TPSA) is 90.7 Å². The number of nitrogens with one attached hydrogen (secondary N) is 2. The maximum atomic E-state index is 12.1. The predicted octanol–water partition coefficient (Wildman–Crippen LogP) is 3.99. The average Bonchev–Trinajstić information content (AvgIpc) is 3.04. The minimum Gasteiger partial charge on any atom is -0.326 e. The fraction of sp³-hybridized carbons (Fsp3) is 0.0588. The van der Waals surface area contributed by atoms with Gasteiger partial charge in [-0.05, 0) is 30.3 Å². The fourth-order valence-electron chi connectivity index (χ4n) is 2.04. The molecule has 0 radical (unpaired) electrons. The van der Waals surface area contributed by atoms with Gasteiger partial charge in [-0.15, -0.1) is 11.3 Å². The SMILES string of the molecule is N#Cc1cccc(NC(=O)Cc2csc(Nc3ccc(Cl)cn3)n2)c1. The van der Waals surface area contributed by atoms with Crippen LogP contribution in [0.4, 0.5) is 16.6 Å². The molecule has 0 bridgehead atoms. The Morgan fingerprint density at radius 3 is 2.96 bits per heavy atom. The third-order valence-corrected chi connectivity index (χ3v) is 4.16. The van der Waals surface area contributed by atoms with Gasteiger partial charge in [0.2, 0.25) is 5.91 Å². The van der Waals surface area contributed by atoms with Gasteiger partial charge in [0.05, 0.1) is 28.8 Å². The van der Waals surface area contributed by atoms with Crippen molar-refractivity contribution in [3.8, 4) is 6.07 Å². The van der Waals surface area contributed by atoms with E-state index in [-0.39, 0.29) is 12.3 Å². The van der Waals surface area contributed by atoms with E-state index in [0.717, 1.165) is 0 Å². The quantitative estimate of drug-likeness (QED) is 0.709. The molecule has 0 aliphatic heterocycles. The summed E-state index contributed by atoms with van der Waals surface area (Å²) in [4.78, 5) is 20.6. The Morgan fingerprint density at radius 1 is 1.32 bits per heavy atom. The molecule has 0 fully saturated rings. The van der Waals surface area contributed by atoms with Gasteiger partial charge in [0.1, 0.15) is 5.82 Å². The average molecular weight is 370 g/mol. The van der Waals surface area contributed by atoms with E-state index < -0.39 is 0 Å². The zero-order valence-corrected chi connectivity index (χ0v) is 14.4. The van der Waals surface area contributed by atoms with Gasteiger partial charge in [0.25, 0.3) is 0 Å². The van der Waals surface area contributed by atoms with Gasteiger partial charge in [0.15, 0.2) is 5.13 Å². The first kappa shape index (κ1) is 16.9. The van der Waals surface area contributed by atoms with Crippen molar-refractivity contribution in [1.29, 1.82) is 5.26 Å². The minimum atomic E-state index is -0.198. The molecule has 3 aromatic rings. The first-order valence-electron chi connectivity index (χ1n) is 7.25. The van der Waals surface area contributed by atoms with Crippen LogP contribution in [0.15, 0.2) is 48.0 Å². The van der Waals surface area contributed by atoms with Crippen molar-refractivity contribution in [3.63, 3.8) is 0 Å². The third-order valence-electron chi connectivity index (χ3n) is 3.13. The second-order valence-corrected chi connectivity index (χ2v) is 6.34. The van der Waals surface area contributed by atoms with Crippen molar-refractivity contribution < 1.29 is 4.79 Å². The number of halogens is 1. The van der Waals surface area contributed by atoms with Crippen LogP contribution in [0.1, 0.15) is 11.3 Å². The second-order valence-electron chi connectivity index (χ2n) is 5.05. The molecule has 1 amide bonds. The molecule has 124 valence electrons. The molecule has 0 unspecified atom stereocenters. The van der Waals surface area contributed by atoms with E-state index >= 15 is 0 Å². The van der Waals surface area contributed by atoms with Crippen molar-refractivity contribution in [2.24, 2.45) is 0 Å². The molecule has 1 aromatic carbocycles. The van der Waals surface area contributed by atoms with Crippen molar-refractivity contribution >= 4 is 45.5 Å². The molecule has 0 aliphatic rings. The van der Waals surface area contributed by atoms with Crippen LogP contribution >= 0.6 is 22.9 Å². The number of nitriles is 1. The van der Waals surface area contributed by atoms with E-state index in [1.165, 1.54) is 11.3 Å². The Labute approximate surface area is 153 Å². The molecule has 0 aliphatic carbocycles. The Bertz CT molecular complexity index is 933. The van der Waals surface area contributed by atoms with Gasteiger partial charge < -0.3 is 10.6 Å². The number of anilines is 3. The molecule has 0 saturated carbocycles. The van der Waals surface area contributed by atoms with E-state index in [2.05, 4.69) is 20.6 Å². The highest BCUT2D eigenvalue weighted by molar-refractivity contribution is 7.13. The van der Waals surface area contributed by atoms with Gasteiger partial charge >= 0.3 is 0 Å². The molecule has 8 heteroatoms. The van der Waals surface area contributed by atoms with Gasteiger partial charge in [-0.3, -0.25) is 4.79 Å². The zero-order valence-electron chi connectivity index (χ0n) is 12.9. The molecule has 25 heavy (non-hydrogen) atoms. The third kappa shape index (κ3) is 4.76. The highest BCUT2D eigenvalue weighted by atomic mass is 35.5. The van der Waals surface area contributed by atoms with Crippen molar-refractivity contribution in [2.75, 3.05) is 10.6 Å². The summed E-state index contributed by atoms with van der Waals surface area (Å²) < 4.78 is 0. The van der Waals surface area contributed by atoms with Gasteiger partial charge in [-0.2, -0.15) is 5.26 Å². The van der Waals surface area contributed by atoms with Crippen LogP contribution < -0.4 is 10.6 Å². The molecule has 2 N–H and O–H groups in total. The lowest BCUT2D eigenvalue weighted by molar-refractivity contribution is -0.115. The molecule has 0 atom stereocenters. The summed E-state index contributed by atoms with van der Waals surface area (Å²) in [6.45, 7) is 0. The summed E-state index contributed by atoms with van der Waals surface area (Å²) in [7, 11) is 0. The maximum absolute atomic E-state index is 12.1. The highest BCUT2D eigenvalue weighted by Gasteiger charge is 2.09. The van der Waals surface area contributed by atoms with E-state index in [9.17, 15) is 4.79 Å². The van der Waals surface area contributed by atoms with Crippen LogP contribution in [0.5, 0.6) is 0 Å². The number of hydrogen-bond acceptors (Lipinski definition) is 6. The minimum absolute atomic E-state index is 0.142. The number of amides is 1. The molecule has 0 spiro atoms. The molecular weight excluding hydrogens is 358 g/mol. The summed E-state index contributed by atoms with van der Waals surface area (Å²) in [5, 5.41) is 17.7. The standard InChI is InChI=1S/C17H12ClN5OS/c18-12-4-5-15(20-9-12)23-17-22-14(10-25-17)7-16(24)21-13-3-1-2-11(6-13)8-19/h1-6,9-10H,7H2,(H,21,24)(H,20,22,23). The van der Waals surface area contributed by atoms with Crippen molar-refractivity contribution in [1.82, 2.24) is 9.97 Å². The smallest absolute Gasteiger partial charge is 0.230 e. The predicted molar refractivity (Wildman–Crippen MR) is 98.1 cm³/mol. The molecule has 6 nitrogen and oxygen atoms in total. The first-order valence-corrected chi connectivity index (χ1v) is 8.51. The summed E-state index contributed by atoms with van der Waals surface area (Å²) in [5.74, 6) is 0.430. The van der Waals surface area contributed by atoms with E-state index in [0.29, 0.717) is 32.9 Å². The van der Waals surface area contributed by atoms with Crippen LogP contribution in [0.3, 0.4) is 0 Å². The van der Waals surface area contributed by atoms with Crippen molar-refractivity contribution in [3.05, 3.63) is 64.3 Å². The van der Waals surface area contributed by atoms with Crippen LogP contribution in [0.25, 0.3) is 0 Å². The Hall–Kier alpha value is -2.95. The number of benzene rings is 1. The number of thiazole rings is 1. The molecular formula is C17H12ClN5OS. The van der Waals surface area contributed by atoms with Crippen LogP contribution in [-0.2, 0) is 11.2 Å². The Morgan fingerprint density at radius 2 is 2.20 bits per heavy atom. The molecule has 2 heterocycles. The van der Waals surface area contributed by atoms with E-state index in [1.807, 2.05) is 11.4 Å². The Kier molecular flexibility index (Phi) is 5.23. The molecule has 0 saturated heterocycles. The summed E-state index contributed by atoms with van der Waals surface area (Å²) in [6.07, 6.45) is 1.68. The van der Waals surface area contributed by atoms with Crippen LogP contribution in [-0.4, -0.2) is 15.9 Å². The monoisotopic (exact) mass is 369 g/mol. The fourth-order valence-corrected chi connectivity index (χ4v) is 2.87. The normalized spacial score (nSPS) is 10.1. The lowest BCUT2D eigenvalue weighted by atomic mass is 10.2. The van der Waals surface area contributed by atoms with E-state index in [1.54, 1.807) is 42.6 Å². The lowest BCUT2D eigenvalue weighted by Crippen LogP contribution is -2.14. The van der Waals surface area contributed by atoms with E-state index in [4.69, 9.17) is 16.9 Å². The number of nitrogens with zero attached hydrogens (tertiary/aromatic N) is 3. The summed E-state index contributed by atoms with van der Waals surface area (Å²) in [5.41, 5.74) is 1.73. The maximum Gasteiger partial charge on any atom is 0.230 e. The zero-order chi connectivity index (χ0) is 17.6. The Balaban J connectivity index is 1.59. The second kappa shape index (κ2) is 7.75. The molecule has 3 rings (SSSR count). The largest absolute Gasteiger partial charge is 0.326 e. The number of hydrogen-bond donors (Lipinski definition) is 2. The molecule has 2 aromatic heterocycles. The van der Waals surface area contributed by atoms with Crippen molar-refractivity contribution in [2.45, 2.75) is 6.42 Å². The van der Waals surface area contributed by atoms with Gasteiger partial charge in [-0.25, -0.2) is 9.97 Å².